The van der Waals surface area contributed by atoms with Gasteiger partial charge in [-0.3, -0.25) is 4.79 Å². The molecule has 0 aliphatic rings. The number of halogens is 3. The molecule has 0 spiro atoms. The number of nitrogens with one attached hydrogen (secondary N) is 1. The molecule has 104 valence electrons. The number of aliphatic imine (C=N–C) groups is 1. The number of anilines is 1. The van der Waals surface area contributed by atoms with E-state index < -0.39 is 17.7 Å². The first kappa shape index (κ1) is 14.8. The Kier molecular flexibility index (Phi) is 4.74. The largest absolute Gasteiger partial charge is 0.468 e. The van der Waals surface area contributed by atoms with E-state index in [1.54, 1.807) is 0 Å². The van der Waals surface area contributed by atoms with Gasteiger partial charge in [0.1, 0.15) is 6.54 Å². The number of methoxy groups -OCH3 is 1. The van der Waals surface area contributed by atoms with Crippen LogP contribution >= 0.6 is 0 Å². The molecule has 0 unspecified atom stereocenters. The van der Waals surface area contributed by atoms with E-state index in [0.717, 1.165) is 12.1 Å². The summed E-state index contributed by atoms with van der Waals surface area (Å²) in [5.41, 5.74) is 5.01. The molecule has 1 rings (SSSR count). The molecule has 0 saturated heterocycles. The van der Waals surface area contributed by atoms with Gasteiger partial charge in [0, 0.05) is 5.69 Å². The van der Waals surface area contributed by atoms with Gasteiger partial charge in [0.15, 0.2) is 5.96 Å². The number of hydrogen-bond acceptors (Lipinski definition) is 3. The summed E-state index contributed by atoms with van der Waals surface area (Å²) in [5, 5.41) is 2.55. The quantitative estimate of drug-likeness (QED) is 0.499. The topological polar surface area (TPSA) is 76.7 Å². The molecular formula is C11H12F3N3O2. The van der Waals surface area contributed by atoms with E-state index in [2.05, 4.69) is 15.0 Å². The van der Waals surface area contributed by atoms with Crippen LogP contribution in [-0.4, -0.2) is 25.6 Å². The number of carbonyl (C=O) groups excluding carboxylic acids is 1. The molecule has 19 heavy (non-hydrogen) atoms. The maximum absolute atomic E-state index is 12.3. The molecule has 0 aliphatic carbocycles. The predicted molar refractivity (Wildman–Crippen MR) is 63.6 cm³/mol. The van der Waals surface area contributed by atoms with Crippen molar-refractivity contribution < 1.29 is 22.7 Å². The Morgan fingerprint density at radius 2 is 1.95 bits per heavy atom. The van der Waals surface area contributed by atoms with Crippen LogP contribution in [0.4, 0.5) is 18.9 Å². The first-order chi connectivity index (χ1) is 8.82. The molecule has 0 aromatic heterocycles. The van der Waals surface area contributed by atoms with E-state index in [0.29, 0.717) is 5.69 Å². The van der Waals surface area contributed by atoms with Crippen LogP contribution in [0.5, 0.6) is 0 Å². The highest BCUT2D eigenvalue weighted by Gasteiger charge is 2.29. The van der Waals surface area contributed by atoms with E-state index >= 15 is 0 Å². The molecule has 5 nitrogen and oxygen atoms in total. The highest BCUT2D eigenvalue weighted by molar-refractivity contribution is 5.93. The lowest BCUT2D eigenvalue weighted by atomic mass is 10.2. The number of hydrogen-bond donors (Lipinski definition) is 2. The molecule has 0 amide bonds. The molecule has 8 heteroatoms. The number of esters is 1. The third kappa shape index (κ3) is 4.86. The van der Waals surface area contributed by atoms with Crippen LogP contribution in [0.25, 0.3) is 0 Å². The first-order valence-corrected chi connectivity index (χ1v) is 5.14. The minimum absolute atomic E-state index is 0.0924. The number of rotatable bonds is 3. The summed E-state index contributed by atoms with van der Waals surface area (Å²) in [6, 6.07) is 4.25. The van der Waals surface area contributed by atoms with Crippen molar-refractivity contribution in [2.45, 2.75) is 6.18 Å². The van der Waals surface area contributed by atoms with E-state index in [-0.39, 0.29) is 12.5 Å². The van der Waals surface area contributed by atoms with Crippen molar-refractivity contribution in [2.24, 2.45) is 10.7 Å². The van der Waals surface area contributed by atoms with E-state index in [1.165, 1.54) is 19.2 Å². The van der Waals surface area contributed by atoms with Gasteiger partial charge in [0.05, 0.1) is 12.7 Å². The highest BCUT2D eigenvalue weighted by Crippen LogP contribution is 2.29. The van der Waals surface area contributed by atoms with E-state index in [9.17, 15) is 18.0 Å². The third-order valence-electron chi connectivity index (χ3n) is 2.09. The fraction of sp³-hybridized carbons (Fsp3) is 0.273. The Morgan fingerprint density at radius 1 is 1.37 bits per heavy atom. The van der Waals surface area contributed by atoms with Crippen molar-refractivity contribution in [1.82, 2.24) is 0 Å². The molecule has 1 aromatic rings. The van der Waals surface area contributed by atoms with Crippen LogP contribution in [0.1, 0.15) is 5.56 Å². The van der Waals surface area contributed by atoms with Crippen molar-refractivity contribution in [3.63, 3.8) is 0 Å². The van der Waals surface area contributed by atoms with Gasteiger partial charge in [0.2, 0.25) is 0 Å². The van der Waals surface area contributed by atoms with Crippen LogP contribution in [0, 0.1) is 0 Å². The lowest BCUT2D eigenvalue weighted by Crippen LogP contribution is -2.24. The number of guanidine groups is 1. The molecule has 0 heterocycles. The minimum atomic E-state index is -4.39. The zero-order valence-corrected chi connectivity index (χ0v) is 9.99. The van der Waals surface area contributed by atoms with Gasteiger partial charge in [-0.25, -0.2) is 4.99 Å². The van der Waals surface area contributed by atoms with Crippen molar-refractivity contribution in [3.8, 4) is 0 Å². The second-order valence-electron chi connectivity index (χ2n) is 3.48. The molecule has 1 aromatic carbocycles. The van der Waals surface area contributed by atoms with Gasteiger partial charge < -0.3 is 15.8 Å². The summed E-state index contributed by atoms with van der Waals surface area (Å²) < 4.78 is 41.3. The van der Waals surface area contributed by atoms with Gasteiger partial charge >= 0.3 is 12.1 Å². The first-order valence-electron chi connectivity index (χ1n) is 5.14. The molecule has 3 N–H and O–H groups in total. The lowest BCUT2D eigenvalue weighted by Gasteiger charge is -2.08. The summed E-state index contributed by atoms with van der Waals surface area (Å²) in [5.74, 6) is -0.665. The second-order valence-corrected chi connectivity index (χ2v) is 3.48. The van der Waals surface area contributed by atoms with Crippen LogP contribution in [-0.2, 0) is 15.7 Å². The lowest BCUT2D eigenvalue weighted by molar-refractivity contribution is -0.139. The second kappa shape index (κ2) is 6.07. The number of nitrogens with zero attached hydrogens (tertiary/aromatic N) is 1. The summed E-state index contributed by atoms with van der Waals surface area (Å²) in [6.45, 7) is -0.268. The van der Waals surface area contributed by atoms with E-state index in [1.807, 2.05) is 0 Å². The van der Waals surface area contributed by atoms with Crippen molar-refractivity contribution in [2.75, 3.05) is 19.0 Å². The standard InChI is InChI=1S/C11H12F3N3O2/c1-19-9(18)6-16-10(15)17-8-4-2-7(3-5-8)11(12,13)14/h2-5H,6H2,1H3,(H3,15,16,17). The Bertz CT molecular complexity index is 469. The molecule has 0 bridgehead atoms. The fourth-order valence-electron chi connectivity index (χ4n) is 1.14. The summed E-state index contributed by atoms with van der Waals surface area (Å²) in [4.78, 5) is 14.4. The number of nitrogens with two attached hydrogens (primary N) is 1. The van der Waals surface area contributed by atoms with Crippen LogP contribution in [0.15, 0.2) is 29.3 Å². The Labute approximate surface area is 107 Å². The molecule has 0 saturated carbocycles. The van der Waals surface area contributed by atoms with Crippen molar-refractivity contribution >= 4 is 17.6 Å². The number of benzene rings is 1. The van der Waals surface area contributed by atoms with Crippen LogP contribution in [0.2, 0.25) is 0 Å². The number of ether oxygens (including phenoxy) is 1. The number of alkyl halides is 3. The summed E-state index contributed by atoms with van der Waals surface area (Å²) >= 11 is 0. The Morgan fingerprint density at radius 3 is 2.42 bits per heavy atom. The third-order valence-corrected chi connectivity index (χ3v) is 2.09. The molecule has 0 radical (unpaired) electrons. The van der Waals surface area contributed by atoms with Crippen LogP contribution < -0.4 is 11.1 Å². The van der Waals surface area contributed by atoms with Crippen LogP contribution in [0.3, 0.4) is 0 Å². The van der Waals surface area contributed by atoms with Gasteiger partial charge in [-0.05, 0) is 24.3 Å². The molecule has 0 fully saturated rings. The zero-order chi connectivity index (χ0) is 14.5. The average Bonchev–Trinajstić information content (AvgIpc) is 2.35. The van der Waals surface area contributed by atoms with Gasteiger partial charge in [-0.1, -0.05) is 0 Å². The SMILES string of the molecule is COC(=O)CN=C(N)Nc1ccc(C(F)(F)F)cc1. The molecular weight excluding hydrogens is 263 g/mol. The van der Waals surface area contributed by atoms with Gasteiger partial charge in [0.25, 0.3) is 0 Å². The van der Waals surface area contributed by atoms with Gasteiger partial charge in [-0.15, -0.1) is 0 Å². The maximum Gasteiger partial charge on any atom is 0.416 e. The molecule has 0 atom stereocenters. The Balaban J connectivity index is 2.65. The predicted octanol–water partition coefficient (Wildman–Crippen LogP) is 1.60. The van der Waals surface area contributed by atoms with Crippen molar-refractivity contribution in [1.29, 1.82) is 0 Å². The fourth-order valence-corrected chi connectivity index (χ4v) is 1.14. The van der Waals surface area contributed by atoms with Gasteiger partial charge in [-0.2, -0.15) is 13.2 Å². The summed E-state index contributed by atoms with van der Waals surface area (Å²) in [6.07, 6.45) is -4.39. The van der Waals surface area contributed by atoms with E-state index in [4.69, 9.17) is 5.73 Å². The van der Waals surface area contributed by atoms with Crippen molar-refractivity contribution in [3.05, 3.63) is 29.8 Å². The normalized spacial score (nSPS) is 12.1. The smallest absolute Gasteiger partial charge is 0.416 e. The maximum atomic E-state index is 12.3. The highest BCUT2D eigenvalue weighted by atomic mass is 19.4. The Hall–Kier alpha value is -2.25. The number of carbonyl (C=O) groups is 1. The molecule has 0 aliphatic heterocycles. The zero-order valence-electron chi connectivity index (χ0n) is 9.99. The summed E-state index contributed by atoms with van der Waals surface area (Å²) in [7, 11) is 1.21. The minimum Gasteiger partial charge on any atom is -0.468 e. The monoisotopic (exact) mass is 275 g/mol. The average molecular weight is 275 g/mol.